The van der Waals surface area contributed by atoms with Crippen LogP contribution in [0.25, 0.3) is 0 Å². The molecule has 3 rings (SSSR count). The van der Waals surface area contributed by atoms with Gasteiger partial charge in [0.15, 0.2) is 6.29 Å². The summed E-state index contributed by atoms with van der Waals surface area (Å²) in [6, 6.07) is 15.3. The van der Waals surface area contributed by atoms with Crippen LogP contribution in [0.2, 0.25) is 10.0 Å². The third kappa shape index (κ3) is 2.57. The van der Waals surface area contributed by atoms with E-state index in [1.54, 1.807) is 0 Å². The van der Waals surface area contributed by atoms with Gasteiger partial charge in [-0.3, -0.25) is 0 Å². The second-order valence-corrected chi connectivity index (χ2v) is 5.59. The Bertz CT molecular complexity index is 580. The van der Waals surface area contributed by atoms with Crippen molar-refractivity contribution in [2.75, 3.05) is 0 Å². The largest absolute Gasteiger partial charge is 0.342 e. The summed E-state index contributed by atoms with van der Waals surface area (Å²) in [5.74, 6) is 0. The van der Waals surface area contributed by atoms with Crippen LogP contribution < -0.4 is 0 Å². The third-order valence-electron chi connectivity index (χ3n) is 3.39. The zero-order valence-corrected chi connectivity index (χ0v) is 12.4. The Morgan fingerprint density at radius 2 is 1.50 bits per heavy atom. The van der Waals surface area contributed by atoms with Crippen LogP contribution in [0.5, 0.6) is 0 Å². The molecule has 2 aromatic rings. The Labute approximate surface area is 128 Å². The van der Waals surface area contributed by atoms with E-state index >= 15 is 0 Å². The van der Waals surface area contributed by atoms with E-state index in [4.69, 9.17) is 32.7 Å². The molecular formula is C16H14Cl2O2. The summed E-state index contributed by atoms with van der Waals surface area (Å²) in [5, 5.41) is 1.21. The SMILES string of the molecule is C[C@H]1OC(c2ccccc2)O[C@@H]1c1c(Cl)cccc1Cl. The van der Waals surface area contributed by atoms with E-state index in [0.29, 0.717) is 10.0 Å². The molecule has 0 bridgehead atoms. The van der Waals surface area contributed by atoms with Crippen molar-refractivity contribution in [3.05, 3.63) is 69.7 Å². The molecule has 104 valence electrons. The lowest BCUT2D eigenvalue weighted by molar-refractivity contribution is -0.0676. The highest BCUT2D eigenvalue weighted by atomic mass is 35.5. The maximum absolute atomic E-state index is 6.25. The Morgan fingerprint density at radius 3 is 2.15 bits per heavy atom. The molecule has 1 fully saturated rings. The van der Waals surface area contributed by atoms with E-state index in [-0.39, 0.29) is 18.5 Å². The van der Waals surface area contributed by atoms with Crippen LogP contribution in [-0.4, -0.2) is 6.10 Å². The van der Waals surface area contributed by atoms with Crippen molar-refractivity contribution in [3.8, 4) is 0 Å². The van der Waals surface area contributed by atoms with Gasteiger partial charge < -0.3 is 9.47 Å². The van der Waals surface area contributed by atoms with Gasteiger partial charge in [0.05, 0.1) is 6.10 Å². The molecule has 0 N–H and O–H groups in total. The van der Waals surface area contributed by atoms with Crippen molar-refractivity contribution in [1.82, 2.24) is 0 Å². The molecule has 1 saturated heterocycles. The summed E-state index contributed by atoms with van der Waals surface area (Å²) in [6.07, 6.45) is -0.762. The maximum Gasteiger partial charge on any atom is 0.185 e. The summed E-state index contributed by atoms with van der Waals surface area (Å²) in [6.45, 7) is 1.97. The van der Waals surface area contributed by atoms with E-state index in [2.05, 4.69) is 0 Å². The third-order valence-corrected chi connectivity index (χ3v) is 4.05. The molecule has 1 unspecified atom stereocenters. The van der Waals surface area contributed by atoms with Crippen LogP contribution in [-0.2, 0) is 9.47 Å². The second-order valence-electron chi connectivity index (χ2n) is 4.78. The van der Waals surface area contributed by atoms with Gasteiger partial charge in [-0.25, -0.2) is 0 Å². The average Bonchev–Trinajstić information content (AvgIpc) is 2.82. The minimum absolute atomic E-state index is 0.113. The number of benzene rings is 2. The number of rotatable bonds is 2. The summed E-state index contributed by atoms with van der Waals surface area (Å²) in [5.41, 5.74) is 1.78. The second kappa shape index (κ2) is 5.74. The van der Waals surface area contributed by atoms with Crippen molar-refractivity contribution in [2.45, 2.75) is 25.4 Å². The summed E-state index contributed by atoms with van der Waals surface area (Å²) < 4.78 is 11.9. The number of halogens is 2. The summed E-state index contributed by atoms with van der Waals surface area (Å²) in [4.78, 5) is 0. The molecule has 0 radical (unpaired) electrons. The Morgan fingerprint density at radius 1 is 0.850 bits per heavy atom. The molecule has 2 nitrogen and oxygen atoms in total. The van der Waals surface area contributed by atoms with E-state index in [1.165, 1.54) is 0 Å². The van der Waals surface area contributed by atoms with E-state index < -0.39 is 0 Å². The van der Waals surface area contributed by atoms with Gasteiger partial charge in [-0.1, -0.05) is 59.6 Å². The molecule has 4 heteroatoms. The highest BCUT2D eigenvalue weighted by Crippen LogP contribution is 2.44. The fourth-order valence-corrected chi connectivity index (χ4v) is 3.01. The molecule has 0 aromatic heterocycles. The number of hydrogen-bond donors (Lipinski definition) is 0. The Hall–Kier alpha value is -1.06. The van der Waals surface area contributed by atoms with Gasteiger partial charge in [0.25, 0.3) is 0 Å². The molecule has 1 heterocycles. The first-order chi connectivity index (χ1) is 9.66. The fourth-order valence-electron chi connectivity index (χ4n) is 2.39. The minimum Gasteiger partial charge on any atom is -0.342 e. The van der Waals surface area contributed by atoms with Gasteiger partial charge in [-0.15, -0.1) is 0 Å². The van der Waals surface area contributed by atoms with Crippen molar-refractivity contribution >= 4 is 23.2 Å². The van der Waals surface area contributed by atoms with Crippen LogP contribution in [0.1, 0.15) is 30.4 Å². The Kier molecular flexibility index (Phi) is 3.99. The highest BCUT2D eigenvalue weighted by molar-refractivity contribution is 6.36. The van der Waals surface area contributed by atoms with E-state index in [9.17, 15) is 0 Å². The monoisotopic (exact) mass is 308 g/mol. The normalized spacial score (nSPS) is 25.9. The van der Waals surface area contributed by atoms with Gasteiger partial charge in [0.2, 0.25) is 0 Å². The van der Waals surface area contributed by atoms with Crippen LogP contribution in [0.4, 0.5) is 0 Å². The molecule has 2 aromatic carbocycles. The number of ether oxygens (including phenoxy) is 2. The molecule has 0 amide bonds. The zero-order valence-electron chi connectivity index (χ0n) is 10.9. The molecule has 0 saturated carbocycles. The number of hydrogen-bond acceptors (Lipinski definition) is 2. The standard InChI is InChI=1S/C16H14Cl2O2/c1-10-15(14-12(17)8-5-9-13(14)18)20-16(19-10)11-6-3-2-4-7-11/h2-10,15-16H,1H3/t10-,15+,16?/m1/s1. The van der Waals surface area contributed by atoms with Crippen LogP contribution in [0.3, 0.4) is 0 Å². The predicted octanol–water partition coefficient (Wildman–Crippen LogP) is 5.17. The lowest BCUT2D eigenvalue weighted by Crippen LogP contribution is -2.11. The molecule has 20 heavy (non-hydrogen) atoms. The Balaban J connectivity index is 1.90. The summed E-state index contributed by atoms with van der Waals surface area (Å²) >= 11 is 12.5. The van der Waals surface area contributed by atoms with Crippen LogP contribution in [0.15, 0.2) is 48.5 Å². The lowest BCUT2D eigenvalue weighted by atomic mass is 10.1. The average molecular weight is 309 g/mol. The first-order valence-electron chi connectivity index (χ1n) is 6.46. The van der Waals surface area contributed by atoms with Crippen molar-refractivity contribution in [2.24, 2.45) is 0 Å². The lowest BCUT2D eigenvalue weighted by Gasteiger charge is -2.16. The molecular weight excluding hydrogens is 295 g/mol. The summed E-state index contributed by atoms with van der Waals surface area (Å²) in [7, 11) is 0. The van der Waals surface area contributed by atoms with E-state index in [1.807, 2.05) is 55.5 Å². The zero-order chi connectivity index (χ0) is 14.1. The van der Waals surface area contributed by atoms with Crippen molar-refractivity contribution in [3.63, 3.8) is 0 Å². The molecule has 3 atom stereocenters. The maximum atomic E-state index is 6.25. The van der Waals surface area contributed by atoms with Gasteiger partial charge in [-0.2, -0.15) is 0 Å². The quantitative estimate of drug-likeness (QED) is 0.762. The molecule has 1 aliphatic heterocycles. The topological polar surface area (TPSA) is 18.5 Å². The van der Waals surface area contributed by atoms with Crippen LogP contribution in [0, 0.1) is 0 Å². The fraction of sp³-hybridized carbons (Fsp3) is 0.250. The molecule has 0 aliphatic carbocycles. The first-order valence-corrected chi connectivity index (χ1v) is 7.22. The van der Waals surface area contributed by atoms with E-state index in [0.717, 1.165) is 11.1 Å². The van der Waals surface area contributed by atoms with Gasteiger partial charge in [0, 0.05) is 21.2 Å². The van der Waals surface area contributed by atoms with Gasteiger partial charge >= 0.3 is 0 Å². The van der Waals surface area contributed by atoms with Crippen molar-refractivity contribution in [1.29, 1.82) is 0 Å². The first kappa shape index (κ1) is 13.9. The molecule has 0 spiro atoms. The van der Waals surface area contributed by atoms with Gasteiger partial charge in [-0.05, 0) is 19.1 Å². The molecule has 1 aliphatic rings. The minimum atomic E-state index is -0.386. The highest BCUT2D eigenvalue weighted by Gasteiger charge is 2.37. The van der Waals surface area contributed by atoms with Crippen LogP contribution >= 0.6 is 23.2 Å². The van der Waals surface area contributed by atoms with Gasteiger partial charge in [0.1, 0.15) is 6.10 Å². The van der Waals surface area contributed by atoms with Crippen molar-refractivity contribution < 1.29 is 9.47 Å². The smallest absolute Gasteiger partial charge is 0.185 e. The predicted molar refractivity (Wildman–Crippen MR) is 80.0 cm³/mol.